The molecule has 1 saturated heterocycles. The molecule has 1 aliphatic rings. The van der Waals surface area contributed by atoms with Crippen LogP contribution in [0.3, 0.4) is 0 Å². The minimum atomic E-state index is -0.871. The molecule has 70 heavy (non-hydrogen) atoms. The number of nitrogens with one attached hydrogen (secondary N) is 4. The maximum Gasteiger partial charge on any atom is 0.246 e. The standard InChI is InChI=1S/C54H68N8O6S2/c1-33(47-24-39(31-69-47)41-17-14-13-16-38(41)29-55-7)58-51-42-26-46(45(67-8)27-43(42)59-35(3)60-51)68-23-15-11-9-10-12-18-48(64)61-50(54(4,5)6)53(66)62-30-40(63)25-44(62)52(65)56-28-36-19-21-37(22-20-36)49-34(2)57-32-70-49/h13-14,16-17,19-22,24,26-27,31-33,40,44,50,55,63H,9-12,15,18,23,25,28-30H2,1-8H3,(H,56,65)(H,61,64)(H,58,59,60)/t33-,40-,44+,50-/m1/s1. The number of hydrogen-bond donors (Lipinski definition) is 5. The lowest BCUT2D eigenvalue weighted by Crippen LogP contribution is -2.57. The second-order valence-corrected chi connectivity index (χ2v) is 21.0. The number of fused-ring (bicyclic) bond motifs is 1. The molecule has 3 amide bonds. The summed E-state index contributed by atoms with van der Waals surface area (Å²) in [5.74, 6) is 1.68. The number of carbonyl (C=O) groups is 3. The number of anilines is 1. The molecule has 6 aromatic rings. The van der Waals surface area contributed by atoms with Gasteiger partial charge in [0.25, 0.3) is 0 Å². The summed E-state index contributed by atoms with van der Waals surface area (Å²) in [5.41, 5.74) is 8.58. The number of unbranched alkanes of at least 4 members (excludes halogenated alkanes) is 4. The fraction of sp³-hybridized carbons (Fsp3) is 0.444. The molecule has 372 valence electrons. The molecule has 0 unspecified atom stereocenters. The second-order valence-electron chi connectivity index (χ2n) is 19.2. The first-order chi connectivity index (χ1) is 33.6. The molecule has 0 aliphatic carbocycles. The Bertz CT molecular complexity index is 2730. The number of likely N-dealkylation sites (tertiary alicyclic amines) is 1. The number of amides is 3. The SMILES string of the molecule is CNCc1ccccc1-c1csc([C@@H](C)Nc2nc(C)nc3cc(OC)c(OCCCCCCCC(=O)N[C@H](C(=O)N4C[C@H](O)C[C@H]4C(=O)NCc4ccc(-c5scnc5C)cc4)C(C)(C)C)cc23)c1. The Balaban J connectivity index is 0.864. The number of benzene rings is 3. The predicted molar refractivity (Wildman–Crippen MR) is 280 cm³/mol. The van der Waals surface area contributed by atoms with Crippen LogP contribution in [-0.2, 0) is 27.5 Å². The van der Waals surface area contributed by atoms with Crippen molar-refractivity contribution < 1.29 is 29.0 Å². The maximum atomic E-state index is 14.1. The molecule has 3 aromatic carbocycles. The molecule has 0 saturated carbocycles. The zero-order valence-electron chi connectivity index (χ0n) is 41.7. The van der Waals surface area contributed by atoms with Crippen molar-refractivity contribution in [3.8, 4) is 33.1 Å². The lowest BCUT2D eigenvalue weighted by Gasteiger charge is -2.35. The van der Waals surface area contributed by atoms with Crippen LogP contribution in [0.25, 0.3) is 32.5 Å². The third kappa shape index (κ3) is 13.1. The van der Waals surface area contributed by atoms with Gasteiger partial charge in [-0.2, -0.15) is 0 Å². The molecule has 1 aliphatic heterocycles. The summed E-state index contributed by atoms with van der Waals surface area (Å²) >= 11 is 3.31. The minimum Gasteiger partial charge on any atom is -0.493 e. The van der Waals surface area contributed by atoms with Crippen molar-refractivity contribution in [1.29, 1.82) is 0 Å². The molecule has 4 atom stereocenters. The molecule has 3 aromatic heterocycles. The Morgan fingerprint density at radius 2 is 1.67 bits per heavy atom. The zero-order valence-corrected chi connectivity index (χ0v) is 43.3. The van der Waals surface area contributed by atoms with E-state index in [0.29, 0.717) is 30.4 Å². The van der Waals surface area contributed by atoms with E-state index in [1.807, 2.05) is 83.6 Å². The molecule has 5 N–H and O–H groups in total. The number of hydrogen-bond acceptors (Lipinski definition) is 13. The van der Waals surface area contributed by atoms with Gasteiger partial charge >= 0.3 is 0 Å². The number of β-amino-alcohol motifs (C(OH)–C–C–N with tert-alkyl or cyclic N) is 1. The van der Waals surface area contributed by atoms with E-state index in [1.54, 1.807) is 29.8 Å². The summed E-state index contributed by atoms with van der Waals surface area (Å²) < 4.78 is 12.0. The van der Waals surface area contributed by atoms with E-state index in [2.05, 4.69) is 68.9 Å². The van der Waals surface area contributed by atoms with Gasteiger partial charge in [0.1, 0.15) is 23.7 Å². The summed E-state index contributed by atoms with van der Waals surface area (Å²) in [4.78, 5) is 58.5. The highest BCUT2D eigenvalue weighted by Crippen LogP contribution is 2.38. The topological polar surface area (TPSA) is 180 Å². The highest BCUT2D eigenvalue weighted by Gasteiger charge is 2.44. The maximum absolute atomic E-state index is 14.1. The van der Waals surface area contributed by atoms with Crippen molar-refractivity contribution in [1.82, 2.24) is 35.8 Å². The van der Waals surface area contributed by atoms with Gasteiger partial charge in [0, 0.05) is 48.8 Å². The highest BCUT2D eigenvalue weighted by atomic mass is 32.1. The monoisotopic (exact) mass is 988 g/mol. The van der Waals surface area contributed by atoms with Gasteiger partial charge in [0.2, 0.25) is 17.7 Å². The number of aryl methyl sites for hydroxylation is 2. The molecular formula is C54H68N8O6S2. The Labute approximate surface area is 420 Å². The smallest absolute Gasteiger partial charge is 0.246 e. The normalized spacial score (nSPS) is 15.7. The van der Waals surface area contributed by atoms with Crippen LogP contribution in [0.5, 0.6) is 11.5 Å². The first kappa shape index (κ1) is 51.9. The number of carbonyl (C=O) groups excluding carboxylic acids is 3. The number of aliphatic hydroxyl groups is 1. The average Bonchev–Trinajstić information content (AvgIpc) is 4.11. The lowest BCUT2D eigenvalue weighted by atomic mass is 9.85. The number of methoxy groups -OCH3 is 1. The quantitative estimate of drug-likeness (QED) is 0.0409. The first-order valence-electron chi connectivity index (χ1n) is 24.3. The van der Waals surface area contributed by atoms with Crippen LogP contribution in [0.15, 0.2) is 77.6 Å². The number of thiazole rings is 1. The molecule has 1 fully saturated rings. The van der Waals surface area contributed by atoms with Crippen LogP contribution in [0, 0.1) is 19.3 Å². The van der Waals surface area contributed by atoms with Crippen LogP contribution in [0.4, 0.5) is 5.82 Å². The molecule has 7 rings (SSSR count). The van der Waals surface area contributed by atoms with E-state index in [1.165, 1.54) is 26.5 Å². The Hall–Kier alpha value is -5.94. The molecule has 0 spiro atoms. The van der Waals surface area contributed by atoms with Crippen LogP contribution in [0.1, 0.15) is 106 Å². The van der Waals surface area contributed by atoms with E-state index >= 15 is 0 Å². The van der Waals surface area contributed by atoms with E-state index < -0.39 is 23.6 Å². The van der Waals surface area contributed by atoms with Crippen LogP contribution < -0.4 is 30.7 Å². The molecule has 0 radical (unpaired) electrons. The van der Waals surface area contributed by atoms with Gasteiger partial charge in [-0.05, 0) is 91.4 Å². The molecule has 0 bridgehead atoms. The number of thiophene rings is 1. The van der Waals surface area contributed by atoms with Gasteiger partial charge in [-0.15, -0.1) is 22.7 Å². The number of rotatable bonds is 22. The fourth-order valence-corrected chi connectivity index (χ4v) is 10.6. The van der Waals surface area contributed by atoms with Gasteiger partial charge in [0.15, 0.2) is 11.5 Å². The van der Waals surface area contributed by atoms with Crippen LogP contribution >= 0.6 is 22.7 Å². The molecule has 16 heteroatoms. The van der Waals surface area contributed by atoms with Crippen molar-refractivity contribution >= 4 is 57.1 Å². The Kier molecular flexibility index (Phi) is 17.6. The predicted octanol–water partition coefficient (Wildman–Crippen LogP) is 9.53. The van der Waals surface area contributed by atoms with E-state index in [4.69, 9.17) is 19.4 Å². The van der Waals surface area contributed by atoms with Gasteiger partial charge in [-0.1, -0.05) is 88.6 Å². The van der Waals surface area contributed by atoms with Crippen molar-refractivity contribution in [2.24, 2.45) is 5.41 Å². The molecule has 4 heterocycles. The number of ether oxygens (including phenoxy) is 2. The third-order valence-electron chi connectivity index (χ3n) is 12.7. The minimum absolute atomic E-state index is 0.00838. The number of aliphatic hydroxyl groups excluding tert-OH is 1. The van der Waals surface area contributed by atoms with Crippen LogP contribution in [-0.4, -0.2) is 88.2 Å². The molecular weight excluding hydrogens is 921 g/mol. The second kappa shape index (κ2) is 23.8. The zero-order chi connectivity index (χ0) is 50.0. The van der Waals surface area contributed by atoms with Crippen molar-refractivity contribution in [2.45, 2.75) is 124 Å². The van der Waals surface area contributed by atoms with E-state index in [9.17, 15) is 19.5 Å². The summed E-state index contributed by atoms with van der Waals surface area (Å²) in [5, 5.41) is 26.6. The lowest BCUT2D eigenvalue weighted by molar-refractivity contribution is -0.144. The first-order valence-corrected chi connectivity index (χ1v) is 26.0. The van der Waals surface area contributed by atoms with Crippen molar-refractivity contribution in [3.05, 3.63) is 105 Å². The highest BCUT2D eigenvalue weighted by molar-refractivity contribution is 7.13. The van der Waals surface area contributed by atoms with E-state index in [-0.39, 0.29) is 49.7 Å². The third-order valence-corrected chi connectivity index (χ3v) is 14.8. The summed E-state index contributed by atoms with van der Waals surface area (Å²) in [6.45, 7) is 13.3. The largest absolute Gasteiger partial charge is 0.493 e. The number of nitrogens with zero attached hydrogens (tertiary/aromatic N) is 4. The summed E-state index contributed by atoms with van der Waals surface area (Å²) in [7, 11) is 3.59. The number of aromatic nitrogens is 3. The van der Waals surface area contributed by atoms with E-state index in [0.717, 1.165) is 70.6 Å². The van der Waals surface area contributed by atoms with Gasteiger partial charge in [-0.25, -0.2) is 15.0 Å². The van der Waals surface area contributed by atoms with Crippen LogP contribution in [0.2, 0.25) is 0 Å². The van der Waals surface area contributed by atoms with Crippen molar-refractivity contribution in [2.75, 3.05) is 32.6 Å². The fourth-order valence-electron chi connectivity index (χ4n) is 8.89. The Morgan fingerprint density at radius 1 is 0.914 bits per heavy atom. The van der Waals surface area contributed by atoms with Gasteiger partial charge in [-0.3, -0.25) is 14.4 Å². The average molecular weight is 989 g/mol. The summed E-state index contributed by atoms with van der Waals surface area (Å²) in [6, 6.07) is 20.8. The molecule has 14 nitrogen and oxygen atoms in total. The summed E-state index contributed by atoms with van der Waals surface area (Å²) in [6.07, 6.45) is 3.70. The Morgan fingerprint density at radius 3 is 2.40 bits per heavy atom. The van der Waals surface area contributed by atoms with Gasteiger partial charge in [0.05, 0.1) is 47.5 Å². The van der Waals surface area contributed by atoms with Crippen molar-refractivity contribution in [3.63, 3.8) is 0 Å². The van der Waals surface area contributed by atoms with Gasteiger partial charge < -0.3 is 40.7 Å².